The van der Waals surface area contributed by atoms with E-state index in [-0.39, 0.29) is 12.5 Å². The van der Waals surface area contributed by atoms with Gasteiger partial charge in [0.1, 0.15) is 11.5 Å². The molecule has 3 rings (SSSR count). The van der Waals surface area contributed by atoms with E-state index in [4.69, 9.17) is 4.74 Å². The monoisotopic (exact) mass is 248 g/mol. The van der Waals surface area contributed by atoms with Crippen LogP contribution in [0.5, 0.6) is 5.88 Å². The number of nitrogens with one attached hydrogen (secondary N) is 1. The number of amides is 1. The Kier molecular flexibility index (Phi) is 2.77. The summed E-state index contributed by atoms with van der Waals surface area (Å²) in [5.74, 6) is 1.81. The Hall–Kier alpha value is -1.85. The number of fused-ring (bicyclic) bond motifs is 1. The molecule has 0 unspecified atom stereocenters. The number of ether oxygens (including phenoxy) is 1. The van der Waals surface area contributed by atoms with Gasteiger partial charge in [-0.05, 0) is 26.2 Å². The van der Waals surface area contributed by atoms with Crippen molar-refractivity contribution in [2.45, 2.75) is 26.2 Å². The number of aromatic nitrogens is 2. The summed E-state index contributed by atoms with van der Waals surface area (Å²) >= 11 is 0. The van der Waals surface area contributed by atoms with Crippen LogP contribution in [0, 0.1) is 6.92 Å². The van der Waals surface area contributed by atoms with Gasteiger partial charge in [0.05, 0.1) is 0 Å². The lowest BCUT2D eigenvalue weighted by Gasteiger charge is -2.31. The minimum atomic E-state index is -0.145. The van der Waals surface area contributed by atoms with Crippen molar-refractivity contribution in [1.82, 2.24) is 9.97 Å². The van der Waals surface area contributed by atoms with Crippen LogP contribution in [0.3, 0.4) is 0 Å². The van der Waals surface area contributed by atoms with Gasteiger partial charge in [0, 0.05) is 13.1 Å². The van der Waals surface area contributed by atoms with Gasteiger partial charge < -0.3 is 15.0 Å². The van der Waals surface area contributed by atoms with Crippen LogP contribution in [-0.2, 0) is 4.79 Å². The van der Waals surface area contributed by atoms with Crippen LogP contribution in [0.2, 0.25) is 0 Å². The number of hydrogen-bond donors (Lipinski definition) is 1. The number of aryl methyl sites for hydroxylation is 1. The van der Waals surface area contributed by atoms with Crippen molar-refractivity contribution >= 4 is 17.4 Å². The molecule has 2 aliphatic rings. The molecule has 6 heteroatoms. The average Bonchev–Trinajstić information content (AvgIpc) is 2.39. The molecule has 0 saturated carbocycles. The van der Waals surface area contributed by atoms with Gasteiger partial charge in [0.2, 0.25) is 5.88 Å². The molecular formula is C12H16N4O2. The van der Waals surface area contributed by atoms with Crippen molar-refractivity contribution in [2.75, 3.05) is 29.9 Å². The van der Waals surface area contributed by atoms with Gasteiger partial charge in [-0.3, -0.25) is 4.79 Å². The summed E-state index contributed by atoms with van der Waals surface area (Å²) in [5, 5.41) is 2.82. The summed E-state index contributed by atoms with van der Waals surface area (Å²) in [6.07, 6.45) is 3.57. The van der Waals surface area contributed by atoms with Crippen molar-refractivity contribution in [3.63, 3.8) is 0 Å². The topological polar surface area (TPSA) is 67.4 Å². The second-order valence-electron chi connectivity index (χ2n) is 4.66. The molecule has 1 aromatic rings. The lowest BCUT2D eigenvalue weighted by Crippen LogP contribution is -2.34. The Morgan fingerprint density at radius 1 is 1.22 bits per heavy atom. The fourth-order valence-corrected chi connectivity index (χ4v) is 2.39. The predicted molar refractivity (Wildman–Crippen MR) is 67.0 cm³/mol. The predicted octanol–water partition coefficient (Wildman–Crippen LogP) is 1.11. The van der Waals surface area contributed by atoms with Crippen molar-refractivity contribution in [3.05, 3.63) is 5.82 Å². The lowest BCUT2D eigenvalue weighted by atomic mass is 10.1. The van der Waals surface area contributed by atoms with Crippen LogP contribution in [0.1, 0.15) is 25.1 Å². The molecule has 1 amide bonds. The maximum absolute atomic E-state index is 11.4. The molecular weight excluding hydrogens is 232 g/mol. The Bertz CT molecular complexity index is 483. The molecule has 1 N–H and O–H groups in total. The number of anilines is 2. The molecule has 0 aromatic carbocycles. The van der Waals surface area contributed by atoms with Gasteiger partial charge >= 0.3 is 0 Å². The molecule has 3 heterocycles. The van der Waals surface area contributed by atoms with Crippen molar-refractivity contribution in [3.8, 4) is 5.88 Å². The Morgan fingerprint density at radius 3 is 2.78 bits per heavy atom. The third kappa shape index (κ3) is 1.98. The van der Waals surface area contributed by atoms with Crippen LogP contribution in [0.25, 0.3) is 0 Å². The molecule has 1 saturated heterocycles. The first-order valence-corrected chi connectivity index (χ1v) is 6.30. The zero-order valence-electron chi connectivity index (χ0n) is 10.4. The highest BCUT2D eigenvalue weighted by Gasteiger charge is 2.26. The van der Waals surface area contributed by atoms with Crippen molar-refractivity contribution < 1.29 is 9.53 Å². The highest BCUT2D eigenvalue weighted by Crippen LogP contribution is 2.35. The van der Waals surface area contributed by atoms with E-state index in [2.05, 4.69) is 20.2 Å². The fourth-order valence-electron chi connectivity index (χ4n) is 2.39. The number of carbonyl (C=O) groups excluding carboxylic acids is 1. The normalized spacial score (nSPS) is 18.9. The van der Waals surface area contributed by atoms with Crippen LogP contribution in [0.15, 0.2) is 0 Å². The molecule has 96 valence electrons. The first kappa shape index (κ1) is 11.3. The summed E-state index contributed by atoms with van der Waals surface area (Å²) < 4.78 is 5.36. The number of hydrogen-bond acceptors (Lipinski definition) is 5. The number of carbonyl (C=O) groups is 1. The maximum Gasteiger partial charge on any atom is 0.262 e. The van der Waals surface area contributed by atoms with E-state index >= 15 is 0 Å². The highest BCUT2D eigenvalue weighted by atomic mass is 16.5. The summed E-state index contributed by atoms with van der Waals surface area (Å²) in [4.78, 5) is 22.3. The van der Waals surface area contributed by atoms with Crippen molar-refractivity contribution in [1.29, 1.82) is 0 Å². The van der Waals surface area contributed by atoms with E-state index in [0.717, 1.165) is 31.7 Å². The molecule has 0 atom stereocenters. The third-order valence-corrected chi connectivity index (χ3v) is 3.23. The van der Waals surface area contributed by atoms with Crippen LogP contribution in [-0.4, -0.2) is 35.6 Å². The quantitative estimate of drug-likeness (QED) is 0.806. The molecule has 0 spiro atoms. The van der Waals surface area contributed by atoms with Crippen LogP contribution < -0.4 is 15.0 Å². The molecule has 2 aliphatic heterocycles. The molecule has 1 fully saturated rings. The first-order chi connectivity index (χ1) is 8.74. The standard InChI is InChI=1S/C12H16N4O2/c1-8-13-11(16-5-3-2-4-6-16)10-12(14-8)18-7-9(17)15-10/h2-7H2,1H3,(H,15,17). The number of rotatable bonds is 1. The Morgan fingerprint density at radius 2 is 2.00 bits per heavy atom. The van der Waals surface area contributed by atoms with Gasteiger partial charge in [0.25, 0.3) is 5.91 Å². The summed E-state index contributed by atoms with van der Waals surface area (Å²) in [6, 6.07) is 0. The van der Waals surface area contributed by atoms with Gasteiger partial charge in [-0.2, -0.15) is 4.98 Å². The first-order valence-electron chi connectivity index (χ1n) is 6.30. The summed E-state index contributed by atoms with van der Waals surface area (Å²) in [5.41, 5.74) is 0.624. The van der Waals surface area contributed by atoms with Crippen LogP contribution >= 0.6 is 0 Å². The zero-order chi connectivity index (χ0) is 12.5. The van der Waals surface area contributed by atoms with E-state index in [1.807, 2.05) is 6.92 Å². The largest absolute Gasteiger partial charge is 0.466 e. The minimum Gasteiger partial charge on any atom is -0.466 e. The van der Waals surface area contributed by atoms with Gasteiger partial charge in [-0.15, -0.1) is 0 Å². The lowest BCUT2D eigenvalue weighted by molar-refractivity contribution is -0.118. The molecule has 6 nitrogen and oxygen atoms in total. The Balaban J connectivity index is 2.01. The van der Waals surface area contributed by atoms with Gasteiger partial charge in [-0.1, -0.05) is 0 Å². The molecule has 1 aromatic heterocycles. The number of piperidine rings is 1. The smallest absolute Gasteiger partial charge is 0.262 e. The van der Waals surface area contributed by atoms with E-state index in [1.54, 1.807) is 0 Å². The second-order valence-corrected chi connectivity index (χ2v) is 4.66. The highest BCUT2D eigenvalue weighted by molar-refractivity contribution is 5.98. The number of nitrogens with zero attached hydrogens (tertiary/aromatic N) is 3. The third-order valence-electron chi connectivity index (χ3n) is 3.23. The fraction of sp³-hybridized carbons (Fsp3) is 0.583. The Labute approximate surface area is 105 Å². The molecule has 0 bridgehead atoms. The average molecular weight is 248 g/mol. The second kappa shape index (κ2) is 4.44. The van der Waals surface area contributed by atoms with Crippen molar-refractivity contribution in [2.24, 2.45) is 0 Å². The van der Waals surface area contributed by atoms with Crippen LogP contribution in [0.4, 0.5) is 11.5 Å². The van der Waals surface area contributed by atoms with Gasteiger partial charge in [0.15, 0.2) is 12.4 Å². The van der Waals surface area contributed by atoms with E-state index in [9.17, 15) is 4.79 Å². The zero-order valence-corrected chi connectivity index (χ0v) is 10.4. The maximum atomic E-state index is 11.4. The SMILES string of the molecule is Cc1nc2c(c(N3CCCCC3)n1)NC(=O)CO2. The molecule has 0 aliphatic carbocycles. The van der Waals surface area contributed by atoms with Gasteiger partial charge in [-0.25, -0.2) is 4.98 Å². The molecule has 18 heavy (non-hydrogen) atoms. The van der Waals surface area contributed by atoms with E-state index in [0.29, 0.717) is 17.4 Å². The summed E-state index contributed by atoms with van der Waals surface area (Å²) in [7, 11) is 0. The minimum absolute atomic E-state index is 0.0306. The molecule has 0 radical (unpaired) electrons. The summed E-state index contributed by atoms with van der Waals surface area (Å²) in [6.45, 7) is 3.81. The van der Waals surface area contributed by atoms with E-state index < -0.39 is 0 Å². The van der Waals surface area contributed by atoms with E-state index in [1.165, 1.54) is 6.42 Å².